The van der Waals surface area contributed by atoms with Crippen LogP contribution in [0.25, 0.3) is 0 Å². The average Bonchev–Trinajstić information content (AvgIpc) is 2.27. The van der Waals surface area contributed by atoms with E-state index in [0.717, 1.165) is 13.0 Å². The molecule has 0 bridgehead atoms. The van der Waals surface area contributed by atoms with Crippen molar-refractivity contribution in [1.29, 1.82) is 0 Å². The Balaban J connectivity index is 2.86. The molecule has 1 nitrogen and oxygen atoms in total. The lowest BCUT2D eigenvalue weighted by atomic mass is 9.75. The van der Waals surface area contributed by atoms with Crippen molar-refractivity contribution in [3.63, 3.8) is 0 Å². The molecule has 0 heterocycles. The van der Waals surface area contributed by atoms with Crippen molar-refractivity contribution in [2.45, 2.75) is 51.9 Å². The summed E-state index contributed by atoms with van der Waals surface area (Å²) in [6.07, 6.45) is 4.86. The Labute approximate surface area is 100 Å². The Bertz CT molecular complexity index is 302. The van der Waals surface area contributed by atoms with Crippen molar-refractivity contribution in [3.05, 3.63) is 35.4 Å². The minimum Gasteiger partial charge on any atom is -0.330 e. The van der Waals surface area contributed by atoms with Crippen LogP contribution in [0.5, 0.6) is 0 Å². The van der Waals surface area contributed by atoms with Gasteiger partial charge in [0.2, 0.25) is 0 Å². The number of benzene rings is 1. The second-order valence-corrected chi connectivity index (χ2v) is 5.07. The van der Waals surface area contributed by atoms with Gasteiger partial charge < -0.3 is 5.73 Å². The van der Waals surface area contributed by atoms with Crippen LogP contribution in [-0.2, 0) is 5.41 Å². The average molecular weight is 219 g/mol. The fourth-order valence-corrected chi connectivity index (χ4v) is 2.26. The van der Waals surface area contributed by atoms with E-state index in [-0.39, 0.29) is 5.41 Å². The summed E-state index contributed by atoms with van der Waals surface area (Å²) in [7, 11) is 0. The molecular weight excluding hydrogens is 194 g/mol. The molecule has 0 aliphatic heterocycles. The largest absolute Gasteiger partial charge is 0.330 e. The van der Waals surface area contributed by atoms with Crippen LogP contribution < -0.4 is 5.73 Å². The number of rotatable bonds is 6. The maximum Gasteiger partial charge on any atom is -0.00633 e. The Morgan fingerprint density at radius 3 is 2.25 bits per heavy atom. The molecule has 1 unspecified atom stereocenters. The third-order valence-corrected chi connectivity index (χ3v) is 3.53. The first-order chi connectivity index (χ1) is 7.62. The molecule has 1 rings (SSSR count). The Hall–Kier alpha value is -0.820. The molecule has 0 spiro atoms. The highest BCUT2D eigenvalue weighted by molar-refractivity contribution is 5.28. The molecule has 0 fully saturated rings. The maximum atomic E-state index is 5.75. The highest BCUT2D eigenvalue weighted by atomic mass is 14.5. The molecule has 16 heavy (non-hydrogen) atoms. The molecule has 0 aliphatic carbocycles. The summed E-state index contributed by atoms with van der Waals surface area (Å²) in [5.74, 6) is 0. The molecule has 0 aromatic heterocycles. The lowest BCUT2D eigenvalue weighted by Gasteiger charge is -2.30. The van der Waals surface area contributed by atoms with Crippen molar-refractivity contribution in [2.24, 2.45) is 5.73 Å². The summed E-state index contributed by atoms with van der Waals surface area (Å²) in [6, 6.07) is 8.94. The summed E-state index contributed by atoms with van der Waals surface area (Å²) >= 11 is 0. The van der Waals surface area contributed by atoms with Crippen LogP contribution in [0.15, 0.2) is 24.3 Å². The monoisotopic (exact) mass is 219 g/mol. The highest BCUT2D eigenvalue weighted by Gasteiger charge is 2.24. The first-order valence-electron chi connectivity index (χ1n) is 6.39. The van der Waals surface area contributed by atoms with Crippen molar-refractivity contribution in [1.82, 2.24) is 0 Å². The Morgan fingerprint density at radius 1 is 1.12 bits per heavy atom. The minimum absolute atomic E-state index is 0.262. The van der Waals surface area contributed by atoms with Gasteiger partial charge in [-0.1, -0.05) is 56.5 Å². The van der Waals surface area contributed by atoms with E-state index >= 15 is 0 Å². The number of aryl methyl sites for hydroxylation is 1. The first-order valence-corrected chi connectivity index (χ1v) is 6.39. The van der Waals surface area contributed by atoms with Gasteiger partial charge in [0, 0.05) is 0 Å². The van der Waals surface area contributed by atoms with E-state index in [1.807, 2.05) is 0 Å². The van der Waals surface area contributed by atoms with Gasteiger partial charge in [0.15, 0.2) is 0 Å². The lowest BCUT2D eigenvalue weighted by molar-refractivity contribution is 0.392. The van der Waals surface area contributed by atoms with Crippen molar-refractivity contribution in [3.8, 4) is 0 Å². The van der Waals surface area contributed by atoms with E-state index in [0.29, 0.717) is 0 Å². The first kappa shape index (κ1) is 13.2. The molecule has 1 atom stereocenters. The second kappa shape index (κ2) is 6.05. The predicted octanol–water partition coefficient (Wildman–Crippen LogP) is 3.79. The zero-order valence-electron chi connectivity index (χ0n) is 10.9. The molecule has 2 N–H and O–H groups in total. The molecule has 0 aliphatic rings. The van der Waals surface area contributed by atoms with Crippen LogP contribution >= 0.6 is 0 Å². The minimum atomic E-state index is 0.262. The van der Waals surface area contributed by atoms with Gasteiger partial charge in [-0.2, -0.15) is 0 Å². The van der Waals surface area contributed by atoms with Gasteiger partial charge in [0.05, 0.1) is 0 Å². The quantitative estimate of drug-likeness (QED) is 0.774. The standard InChI is InChI=1S/C15H25N/c1-4-5-10-15(3,11-12-16)14-8-6-13(2)7-9-14/h6-9H,4-5,10-12,16H2,1-3H3. The van der Waals surface area contributed by atoms with Crippen molar-refractivity contribution in [2.75, 3.05) is 6.54 Å². The summed E-state index contributed by atoms with van der Waals surface area (Å²) < 4.78 is 0. The number of hydrogen-bond acceptors (Lipinski definition) is 1. The fourth-order valence-electron chi connectivity index (χ4n) is 2.26. The molecule has 0 radical (unpaired) electrons. The summed E-state index contributed by atoms with van der Waals surface area (Å²) in [5.41, 5.74) is 8.79. The molecule has 90 valence electrons. The molecule has 0 saturated heterocycles. The SMILES string of the molecule is CCCCC(C)(CCN)c1ccc(C)cc1. The second-order valence-electron chi connectivity index (χ2n) is 5.07. The Kier molecular flexibility index (Phi) is 5.01. The maximum absolute atomic E-state index is 5.75. The lowest BCUT2D eigenvalue weighted by Crippen LogP contribution is -2.25. The third-order valence-electron chi connectivity index (χ3n) is 3.53. The summed E-state index contributed by atoms with van der Waals surface area (Å²) in [6.45, 7) is 7.50. The molecule has 0 saturated carbocycles. The van der Waals surface area contributed by atoms with E-state index in [9.17, 15) is 0 Å². The molecule has 1 aromatic rings. The number of unbranched alkanes of at least 4 members (excludes halogenated alkanes) is 1. The summed E-state index contributed by atoms with van der Waals surface area (Å²) in [5, 5.41) is 0. The van der Waals surface area contributed by atoms with Gasteiger partial charge >= 0.3 is 0 Å². The van der Waals surface area contributed by atoms with Crippen LogP contribution in [-0.4, -0.2) is 6.54 Å². The van der Waals surface area contributed by atoms with Crippen molar-refractivity contribution < 1.29 is 0 Å². The summed E-state index contributed by atoms with van der Waals surface area (Å²) in [4.78, 5) is 0. The van der Waals surface area contributed by atoms with Gasteiger partial charge in [-0.3, -0.25) is 0 Å². The topological polar surface area (TPSA) is 26.0 Å². The van der Waals surface area contributed by atoms with Crippen LogP contribution in [0.3, 0.4) is 0 Å². The smallest absolute Gasteiger partial charge is 0.00633 e. The van der Waals surface area contributed by atoms with Crippen LogP contribution in [0.2, 0.25) is 0 Å². The predicted molar refractivity (Wildman–Crippen MR) is 71.7 cm³/mol. The highest BCUT2D eigenvalue weighted by Crippen LogP contribution is 2.32. The van der Waals surface area contributed by atoms with E-state index < -0.39 is 0 Å². The third kappa shape index (κ3) is 3.34. The van der Waals surface area contributed by atoms with E-state index in [2.05, 4.69) is 45.0 Å². The van der Waals surface area contributed by atoms with Gasteiger partial charge in [-0.25, -0.2) is 0 Å². The molecule has 1 aromatic carbocycles. The zero-order chi connectivity index (χ0) is 12.0. The van der Waals surface area contributed by atoms with Crippen LogP contribution in [0, 0.1) is 6.92 Å². The fraction of sp³-hybridized carbons (Fsp3) is 0.600. The van der Waals surface area contributed by atoms with Gasteiger partial charge in [0.25, 0.3) is 0 Å². The van der Waals surface area contributed by atoms with Crippen molar-refractivity contribution >= 4 is 0 Å². The number of hydrogen-bond donors (Lipinski definition) is 1. The van der Waals surface area contributed by atoms with E-state index in [1.54, 1.807) is 0 Å². The van der Waals surface area contributed by atoms with E-state index in [1.165, 1.54) is 30.4 Å². The van der Waals surface area contributed by atoms with Gasteiger partial charge in [0.1, 0.15) is 0 Å². The zero-order valence-corrected chi connectivity index (χ0v) is 10.9. The van der Waals surface area contributed by atoms with Gasteiger partial charge in [-0.15, -0.1) is 0 Å². The van der Waals surface area contributed by atoms with Crippen LogP contribution in [0.4, 0.5) is 0 Å². The molecule has 0 amide bonds. The molecule has 1 heteroatoms. The normalized spacial score (nSPS) is 14.8. The molecular formula is C15H25N. The van der Waals surface area contributed by atoms with E-state index in [4.69, 9.17) is 5.73 Å². The number of nitrogens with two attached hydrogens (primary N) is 1. The Morgan fingerprint density at radius 2 is 1.75 bits per heavy atom. The van der Waals surface area contributed by atoms with Gasteiger partial charge in [-0.05, 0) is 37.3 Å². The van der Waals surface area contributed by atoms with Crippen LogP contribution in [0.1, 0.15) is 50.7 Å².